The molecule has 0 bridgehead atoms. The number of hydrogen-bond donors (Lipinski definition) is 1. The van der Waals surface area contributed by atoms with Crippen molar-refractivity contribution in [2.75, 3.05) is 11.1 Å². The van der Waals surface area contributed by atoms with Crippen molar-refractivity contribution in [2.45, 2.75) is 25.5 Å². The highest BCUT2D eigenvalue weighted by atomic mass is 32.2. The first-order chi connectivity index (χ1) is 15.1. The number of nitrogens with one attached hydrogen (secondary N) is 1. The maximum Gasteiger partial charge on any atom is 0.236 e. The number of carbonyl (C=O) groups excluding carboxylic acids is 1. The summed E-state index contributed by atoms with van der Waals surface area (Å²) < 4.78 is 9.08. The summed E-state index contributed by atoms with van der Waals surface area (Å²) in [6.45, 7) is 4.30. The molecule has 156 valence electrons. The normalized spacial score (nSPS) is 10.7. The third kappa shape index (κ3) is 4.25. The van der Waals surface area contributed by atoms with E-state index in [4.69, 9.17) is 4.42 Å². The molecule has 9 heteroatoms. The monoisotopic (exact) mass is 432 g/mol. The van der Waals surface area contributed by atoms with Crippen molar-refractivity contribution >= 4 is 23.5 Å². The molecule has 0 aliphatic rings. The third-order valence-corrected chi connectivity index (χ3v) is 5.90. The van der Waals surface area contributed by atoms with E-state index in [1.165, 1.54) is 11.8 Å². The van der Waals surface area contributed by atoms with Crippen LogP contribution in [0.15, 0.2) is 64.6 Å². The highest BCUT2D eigenvalue weighted by Gasteiger charge is 2.21. The fourth-order valence-electron chi connectivity index (χ4n) is 3.29. The SMILES string of the molecule is Cc1c(C#N)c(NC(=O)CSc2nncn2Cc2ccco2)n(-c2ccccc2)c1C. The van der Waals surface area contributed by atoms with Crippen molar-refractivity contribution in [3.63, 3.8) is 0 Å². The van der Waals surface area contributed by atoms with Gasteiger partial charge in [0.1, 0.15) is 24.0 Å². The molecule has 3 aromatic heterocycles. The molecule has 4 aromatic rings. The van der Waals surface area contributed by atoms with Crippen molar-refractivity contribution in [2.24, 2.45) is 0 Å². The van der Waals surface area contributed by atoms with Gasteiger partial charge in [-0.25, -0.2) is 0 Å². The quantitative estimate of drug-likeness (QED) is 0.444. The molecule has 0 unspecified atom stereocenters. The van der Waals surface area contributed by atoms with Crippen LogP contribution in [0.3, 0.4) is 0 Å². The lowest BCUT2D eigenvalue weighted by molar-refractivity contribution is -0.113. The van der Waals surface area contributed by atoms with Gasteiger partial charge < -0.3 is 14.3 Å². The standard InChI is InChI=1S/C22H20N6O2S/c1-15-16(2)28(17-7-4-3-5-8-17)21(19(15)11-23)25-20(29)13-31-22-26-24-14-27(22)12-18-9-6-10-30-18/h3-10,14H,12-13H2,1-2H3,(H,25,29). The smallest absolute Gasteiger partial charge is 0.236 e. The first-order valence-electron chi connectivity index (χ1n) is 9.58. The minimum Gasteiger partial charge on any atom is -0.467 e. The van der Waals surface area contributed by atoms with E-state index < -0.39 is 0 Å². The molecule has 1 amide bonds. The molecule has 0 aliphatic heterocycles. The van der Waals surface area contributed by atoms with Crippen LogP contribution in [0.5, 0.6) is 0 Å². The van der Waals surface area contributed by atoms with Crippen LogP contribution in [0, 0.1) is 25.2 Å². The first kappa shape index (κ1) is 20.5. The lowest BCUT2D eigenvalue weighted by atomic mass is 10.2. The molecular weight excluding hydrogens is 412 g/mol. The van der Waals surface area contributed by atoms with Gasteiger partial charge in [-0.3, -0.25) is 9.36 Å². The number of aromatic nitrogens is 4. The number of furan rings is 1. The van der Waals surface area contributed by atoms with Gasteiger partial charge in [-0.05, 0) is 43.7 Å². The molecule has 0 saturated heterocycles. The Balaban J connectivity index is 1.52. The topological polar surface area (TPSA) is 102 Å². The zero-order valence-electron chi connectivity index (χ0n) is 17.1. The summed E-state index contributed by atoms with van der Waals surface area (Å²) in [6.07, 6.45) is 3.21. The van der Waals surface area contributed by atoms with Gasteiger partial charge in [-0.15, -0.1) is 10.2 Å². The molecule has 3 heterocycles. The van der Waals surface area contributed by atoms with E-state index in [9.17, 15) is 10.1 Å². The molecule has 8 nitrogen and oxygen atoms in total. The average molecular weight is 433 g/mol. The Morgan fingerprint density at radius 3 is 2.74 bits per heavy atom. The predicted octanol–water partition coefficient (Wildman–Crippen LogP) is 3.93. The van der Waals surface area contributed by atoms with E-state index in [1.807, 2.05) is 65.4 Å². The van der Waals surface area contributed by atoms with Gasteiger partial charge in [0.2, 0.25) is 5.91 Å². The Labute approximate surface area is 183 Å². The van der Waals surface area contributed by atoms with Crippen LogP contribution >= 0.6 is 11.8 Å². The van der Waals surface area contributed by atoms with E-state index >= 15 is 0 Å². The summed E-state index contributed by atoms with van der Waals surface area (Å²) in [6, 6.07) is 15.6. The van der Waals surface area contributed by atoms with Crippen LogP contribution in [-0.4, -0.2) is 31.0 Å². The fraction of sp³-hybridized carbons (Fsp3) is 0.182. The first-order valence-corrected chi connectivity index (χ1v) is 10.6. The van der Waals surface area contributed by atoms with Crippen LogP contribution in [0.4, 0.5) is 5.82 Å². The zero-order chi connectivity index (χ0) is 21.8. The van der Waals surface area contributed by atoms with E-state index in [0.717, 1.165) is 22.7 Å². The molecule has 31 heavy (non-hydrogen) atoms. The lowest BCUT2D eigenvalue weighted by Gasteiger charge is -2.13. The molecule has 0 saturated carbocycles. The van der Waals surface area contributed by atoms with Crippen molar-refractivity contribution in [1.29, 1.82) is 5.26 Å². The Morgan fingerprint density at radius 2 is 2.03 bits per heavy atom. The number of para-hydroxylation sites is 1. The minimum atomic E-state index is -0.233. The van der Waals surface area contributed by atoms with Crippen molar-refractivity contribution in [3.05, 3.63) is 77.6 Å². The van der Waals surface area contributed by atoms with Gasteiger partial charge in [0.25, 0.3) is 0 Å². The van der Waals surface area contributed by atoms with Gasteiger partial charge in [0.15, 0.2) is 5.16 Å². The Bertz CT molecular complexity index is 1240. The Kier molecular flexibility index (Phi) is 5.91. The van der Waals surface area contributed by atoms with E-state index in [1.54, 1.807) is 12.6 Å². The van der Waals surface area contributed by atoms with Crippen molar-refractivity contribution < 1.29 is 9.21 Å². The number of hydrogen-bond acceptors (Lipinski definition) is 6. The van der Waals surface area contributed by atoms with E-state index in [2.05, 4.69) is 21.6 Å². The van der Waals surface area contributed by atoms with Gasteiger partial charge in [0, 0.05) is 11.4 Å². The number of thioether (sulfide) groups is 1. The largest absolute Gasteiger partial charge is 0.467 e. The Morgan fingerprint density at radius 1 is 1.23 bits per heavy atom. The molecule has 1 aromatic carbocycles. The Hall–Kier alpha value is -3.77. The molecule has 0 atom stereocenters. The zero-order valence-corrected chi connectivity index (χ0v) is 17.9. The van der Waals surface area contributed by atoms with Gasteiger partial charge in [-0.1, -0.05) is 30.0 Å². The van der Waals surface area contributed by atoms with Gasteiger partial charge in [0.05, 0.1) is 24.1 Å². The van der Waals surface area contributed by atoms with Crippen LogP contribution in [0.25, 0.3) is 5.69 Å². The second-order valence-electron chi connectivity index (χ2n) is 6.87. The number of carbonyl (C=O) groups is 1. The van der Waals surface area contributed by atoms with Crippen LogP contribution in [0.1, 0.15) is 22.6 Å². The molecule has 0 fully saturated rings. The lowest BCUT2D eigenvalue weighted by Crippen LogP contribution is -2.18. The number of nitriles is 1. The average Bonchev–Trinajstić information content (AvgIpc) is 3.50. The number of benzene rings is 1. The predicted molar refractivity (Wildman–Crippen MR) is 117 cm³/mol. The molecule has 0 aliphatic carbocycles. The minimum absolute atomic E-state index is 0.125. The molecular formula is C22H20N6O2S. The van der Waals surface area contributed by atoms with Crippen molar-refractivity contribution in [3.8, 4) is 11.8 Å². The summed E-state index contributed by atoms with van der Waals surface area (Å²) in [5, 5.41) is 21.2. The second-order valence-corrected chi connectivity index (χ2v) is 7.82. The summed E-state index contributed by atoms with van der Waals surface area (Å²) in [5.41, 5.74) is 3.09. The van der Waals surface area contributed by atoms with E-state index in [0.29, 0.717) is 23.1 Å². The maximum absolute atomic E-state index is 12.8. The maximum atomic E-state index is 12.8. The molecule has 0 radical (unpaired) electrons. The summed E-state index contributed by atoms with van der Waals surface area (Å²) in [7, 11) is 0. The van der Waals surface area contributed by atoms with Gasteiger partial charge in [-0.2, -0.15) is 5.26 Å². The number of rotatable bonds is 7. The van der Waals surface area contributed by atoms with E-state index in [-0.39, 0.29) is 11.7 Å². The number of anilines is 1. The fourth-order valence-corrected chi connectivity index (χ4v) is 4.01. The summed E-state index contributed by atoms with van der Waals surface area (Å²) in [4.78, 5) is 12.8. The highest BCUT2D eigenvalue weighted by molar-refractivity contribution is 7.99. The molecule has 1 N–H and O–H groups in total. The van der Waals surface area contributed by atoms with Crippen molar-refractivity contribution in [1.82, 2.24) is 19.3 Å². The molecule has 4 rings (SSSR count). The van der Waals surface area contributed by atoms with Crippen LogP contribution in [-0.2, 0) is 11.3 Å². The van der Waals surface area contributed by atoms with Crippen LogP contribution in [0.2, 0.25) is 0 Å². The molecule has 0 spiro atoms. The number of amides is 1. The van der Waals surface area contributed by atoms with Crippen LogP contribution < -0.4 is 5.32 Å². The summed E-state index contributed by atoms with van der Waals surface area (Å²) >= 11 is 1.27. The third-order valence-electron chi connectivity index (χ3n) is 4.92. The second kappa shape index (κ2) is 8.93. The van der Waals surface area contributed by atoms with Gasteiger partial charge >= 0.3 is 0 Å². The number of nitrogens with zero attached hydrogens (tertiary/aromatic N) is 5. The summed E-state index contributed by atoms with van der Waals surface area (Å²) in [5.74, 6) is 1.14. The highest BCUT2D eigenvalue weighted by Crippen LogP contribution is 2.30.